The van der Waals surface area contributed by atoms with Gasteiger partial charge in [0.25, 0.3) is 5.91 Å². The summed E-state index contributed by atoms with van der Waals surface area (Å²) in [5, 5.41) is 6.39. The number of amides is 1. The first kappa shape index (κ1) is 17.8. The molecular formula is C18H21Cl2N2O+. The third kappa shape index (κ3) is 6.22. The number of carbonyl (C=O) groups is 1. The Labute approximate surface area is 147 Å². The first-order valence-electron chi connectivity index (χ1n) is 7.64. The van der Waals surface area contributed by atoms with Crippen molar-refractivity contribution in [2.24, 2.45) is 0 Å². The van der Waals surface area contributed by atoms with E-state index in [-0.39, 0.29) is 11.9 Å². The number of benzene rings is 2. The molecule has 2 aromatic carbocycles. The first-order valence-corrected chi connectivity index (χ1v) is 8.40. The summed E-state index contributed by atoms with van der Waals surface area (Å²) in [5.41, 5.74) is 2.28. The number of halogens is 2. The number of rotatable bonds is 7. The molecule has 0 aliphatic heterocycles. The average molecular weight is 352 g/mol. The molecule has 0 spiro atoms. The maximum atomic E-state index is 11.9. The Morgan fingerprint density at radius 3 is 2.57 bits per heavy atom. The molecule has 23 heavy (non-hydrogen) atoms. The van der Waals surface area contributed by atoms with Gasteiger partial charge in [-0.3, -0.25) is 4.79 Å². The largest absolute Gasteiger partial charge is 0.351 e. The summed E-state index contributed by atoms with van der Waals surface area (Å²) in [7, 11) is 0. The fourth-order valence-electron chi connectivity index (χ4n) is 2.30. The van der Waals surface area contributed by atoms with Crippen molar-refractivity contribution >= 4 is 29.1 Å². The van der Waals surface area contributed by atoms with Crippen LogP contribution in [0.1, 0.15) is 24.1 Å². The zero-order valence-corrected chi connectivity index (χ0v) is 14.6. The van der Waals surface area contributed by atoms with Gasteiger partial charge in [0.2, 0.25) is 0 Å². The Morgan fingerprint density at radius 1 is 1.13 bits per heavy atom. The van der Waals surface area contributed by atoms with Crippen LogP contribution in [0.3, 0.4) is 0 Å². The molecule has 3 nitrogen and oxygen atoms in total. The Hall–Kier alpha value is -1.55. The van der Waals surface area contributed by atoms with Crippen LogP contribution in [0.25, 0.3) is 0 Å². The molecule has 0 saturated heterocycles. The van der Waals surface area contributed by atoms with Crippen LogP contribution in [0.2, 0.25) is 10.0 Å². The van der Waals surface area contributed by atoms with Crippen LogP contribution in [0, 0.1) is 0 Å². The number of nitrogens with two attached hydrogens (primary N) is 1. The lowest BCUT2D eigenvalue weighted by Gasteiger charge is -2.11. The van der Waals surface area contributed by atoms with Crippen LogP contribution in [0.5, 0.6) is 0 Å². The van der Waals surface area contributed by atoms with Gasteiger partial charge < -0.3 is 10.6 Å². The minimum absolute atomic E-state index is 0.0350. The Morgan fingerprint density at radius 2 is 1.87 bits per heavy atom. The SMILES string of the molecule is C[C@H]([NH2+]CC(=O)NCCc1cccc(Cl)c1)c1ccc(Cl)cc1. The predicted molar refractivity (Wildman–Crippen MR) is 94.8 cm³/mol. The van der Waals surface area contributed by atoms with Crippen molar-refractivity contribution < 1.29 is 10.1 Å². The molecular weight excluding hydrogens is 331 g/mol. The van der Waals surface area contributed by atoms with Gasteiger partial charge in [-0.25, -0.2) is 0 Å². The second-order valence-corrected chi connectivity index (χ2v) is 6.38. The van der Waals surface area contributed by atoms with E-state index in [2.05, 4.69) is 12.2 Å². The lowest BCUT2D eigenvalue weighted by Crippen LogP contribution is -2.87. The van der Waals surface area contributed by atoms with E-state index in [1.807, 2.05) is 53.8 Å². The molecule has 122 valence electrons. The third-order valence-electron chi connectivity index (χ3n) is 3.68. The molecule has 0 fully saturated rings. The van der Waals surface area contributed by atoms with Crippen molar-refractivity contribution in [3.8, 4) is 0 Å². The van der Waals surface area contributed by atoms with Gasteiger partial charge >= 0.3 is 0 Å². The van der Waals surface area contributed by atoms with E-state index in [1.165, 1.54) is 0 Å². The molecule has 0 aromatic heterocycles. The van der Waals surface area contributed by atoms with Gasteiger partial charge in [-0.1, -0.05) is 47.5 Å². The van der Waals surface area contributed by atoms with Gasteiger partial charge in [0.15, 0.2) is 6.54 Å². The van der Waals surface area contributed by atoms with Crippen molar-refractivity contribution in [1.82, 2.24) is 5.32 Å². The Balaban J connectivity index is 1.69. The molecule has 3 N–H and O–H groups in total. The van der Waals surface area contributed by atoms with E-state index in [0.29, 0.717) is 13.1 Å². The Bertz CT molecular complexity index is 644. The molecule has 1 atom stereocenters. The number of quaternary nitrogens is 1. The van der Waals surface area contributed by atoms with Gasteiger partial charge in [0.05, 0.1) is 0 Å². The lowest BCUT2D eigenvalue weighted by atomic mass is 10.1. The first-order chi connectivity index (χ1) is 11.0. The van der Waals surface area contributed by atoms with Crippen LogP contribution in [0.15, 0.2) is 48.5 Å². The summed E-state index contributed by atoms with van der Waals surface area (Å²) in [6, 6.07) is 15.6. The summed E-state index contributed by atoms with van der Waals surface area (Å²) >= 11 is 11.8. The van der Waals surface area contributed by atoms with Gasteiger partial charge in [0.1, 0.15) is 6.04 Å². The van der Waals surface area contributed by atoms with Crippen LogP contribution in [-0.4, -0.2) is 19.0 Å². The highest BCUT2D eigenvalue weighted by atomic mass is 35.5. The normalized spacial score (nSPS) is 12.0. The molecule has 1 amide bonds. The quantitative estimate of drug-likeness (QED) is 0.791. The van der Waals surface area contributed by atoms with Gasteiger partial charge in [0, 0.05) is 22.2 Å². The minimum Gasteiger partial charge on any atom is -0.351 e. The second kappa shape index (κ2) is 8.92. The minimum atomic E-state index is 0.0350. The molecule has 2 aromatic rings. The third-order valence-corrected chi connectivity index (χ3v) is 4.16. The molecule has 0 radical (unpaired) electrons. The lowest BCUT2D eigenvalue weighted by molar-refractivity contribution is -0.682. The van der Waals surface area contributed by atoms with Crippen molar-refractivity contribution in [2.45, 2.75) is 19.4 Å². The van der Waals surface area contributed by atoms with Gasteiger partial charge in [-0.05, 0) is 43.2 Å². The number of hydrogen-bond donors (Lipinski definition) is 2. The summed E-state index contributed by atoms with van der Waals surface area (Å²) in [4.78, 5) is 11.9. The van der Waals surface area contributed by atoms with Crippen LogP contribution in [0.4, 0.5) is 0 Å². The second-order valence-electron chi connectivity index (χ2n) is 5.51. The van der Waals surface area contributed by atoms with Gasteiger partial charge in [-0.2, -0.15) is 0 Å². The Kier molecular flexibility index (Phi) is 6.90. The highest BCUT2D eigenvalue weighted by Gasteiger charge is 2.11. The zero-order chi connectivity index (χ0) is 16.7. The van der Waals surface area contributed by atoms with E-state index >= 15 is 0 Å². The average Bonchev–Trinajstić information content (AvgIpc) is 2.53. The van der Waals surface area contributed by atoms with E-state index < -0.39 is 0 Å². The molecule has 5 heteroatoms. The van der Waals surface area contributed by atoms with Crippen LogP contribution in [-0.2, 0) is 11.2 Å². The van der Waals surface area contributed by atoms with Crippen molar-refractivity contribution in [3.63, 3.8) is 0 Å². The molecule has 0 saturated carbocycles. The van der Waals surface area contributed by atoms with E-state index in [9.17, 15) is 4.79 Å². The molecule has 0 heterocycles. The number of nitrogens with one attached hydrogen (secondary N) is 1. The summed E-state index contributed by atoms with van der Waals surface area (Å²) in [6.45, 7) is 3.09. The van der Waals surface area contributed by atoms with Crippen LogP contribution >= 0.6 is 23.2 Å². The van der Waals surface area contributed by atoms with Crippen LogP contribution < -0.4 is 10.6 Å². The van der Waals surface area contributed by atoms with E-state index in [0.717, 1.165) is 27.6 Å². The highest BCUT2D eigenvalue weighted by molar-refractivity contribution is 6.30. The predicted octanol–water partition coefficient (Wildman–Crippen LogP) is 2.98. The number of hydrogen-bond acceptors (Lipinski definition) is 1. The molecule has 2 rings (SSSR count). The smallest absolute Gasteiger partial charge is 0.275 e. The maximum Gasteiger partial charge on any atom is 0.275 e. The summed E-state index contributed by atoms with van der Waals surface area (Å²) in [5.74, 6) is 0.0350. The topological polar surface area (TPSA) is 45.7 Å². The molecule has 0 bridgehead atoms. The molecule has 0 aliphatic rings. The summed E-state index contributed by atoms with van der Waals surface area (Å²) in [6.07, 6.45) is 0.777. The fourth-order valence-corrected chi connectivity index (χ4v) is 2.64. The van der Waals surface area contributed by atoms with E-state index in [4.69, 9.17) is 23.2 Å². The monoisotopic (exact) mass is 351 g/mol. The molecule has 0 unspecified atom stereocenters. The van der Waals surface area contributed by atoms with Crippen molar-refractivity contribution in [1.29, 1.82) is 0 Å². The van der Waals surface area contributed by atoms with Crippen molar-refractivity contribution in [2.75, 3.05) is 13.1 Å². The number of carbonyl (C=O) groups excluding carboxylic acids is 1. The summed E-state index contributed by atoms with van der Waals surface area (Å²) < 4.78 is 0. The van der Waals surface area contributed by atoms with Gasteiger partial charge in [-0.15, -0.1) is 0 Å². The molecule has 0 aliphatic carbocycles. The fraction of sp³-hybridized carbons (Fsp3) is 0.278. The maximum absolute atomic E-state index is 11.9. The van der Waals surface area contributed by atoms with Crippen molar-refractivity contribution in [3.05, 3.63) is 69.7 Å². The zero-order valence-electron chi connectivity index (χ0n) is 13.1. The van der Waals surface area contributed by atoms with E-state index in [1.54, 1.807) is 0 Å². The standard InChI is InChI=1S/C18H20Cl2N2O/c1-13(15-5-7-16(19)8-6-15)22-12-18(23)21-10-9-14-3-2-4-17(20)11-14/h2-8,11,13,22H,9-10,12H2,1H3,(H,21,23)/p+1/t13-/m0/s1. The highest BCUT2D eigenvalue weighted by Crippen LogP contribution is 2.13.